The number of hydrogen-bond donors (Lipinski definition) is 1. The van der Waals surface area contributed by atoms with Crippen molar-refractivity contribution in [2.75, 3.05) is 18.0 Å². The van der Waals surface area contributed by atoms with Crippen LogP contribution in [0.2, 0.25) is 0 Å². The van der Waals surface area contributed by atoms with Crippen LogP contribution in [0.1, 0.15) is 25.3 Å². The van der Waals surface area contributed by atoms with Crippen LogP contribution in [0.5, 0.6) is 0 Å². The number of aryl methyl sites for hydroxylation is 1. The first kappa shape index (κ1) is 15.3. The van der Waals surface area contributed by atoms with E-state index in [1.165, 1.54) is 0 Å². The number of nitro benzene ring substituents is 1. The molecule has 0 saturated carbocycles. The van der Waals surface area contributed by atoms with E-state index in [4.69, 9.17) is 5.73 Å². The van der Waals surface area contributed by atoms with Crippen molar-refractivity contribution in [2.45, 2.75) is 32.7 Å². The van der Waals surface area contributed by atoms with Crippen molar-refractivity contribution in [3.05, 3.63) is 32.3 Å². The third kappa shape index (κ3) is 2.96. The fraction of sp³-hybridized carbons (Fsp3) is 0.571. The van der Waals surface area contributed by atoms with Gasteiger partial charge in [0, 0.05) is 28.7 Å². The first-order valence-electron chi connectivity index (χ1n) is 6.85. The molecule has 1 heterocycles. The molecule has 2 unspecified atom stereocenters. The van der Waals surface area contributed by atoms with Crippen LogP contribution in [-0.4, -0.2) is 24.1 Å². The molecule has 0 amide bonds. The van der Waals surface area contributed by atoms with E-state index in [1.54, 1.807) is 13.0 Å². The van der Waals surface area contributed by atoms with Crippen molar-refractivity contribution in [3.8, 4) is 0 Å². The zero-order valence-corrected chi connectivity index (χ0v) is 13.4. The molecule has 1 saturated heterocycles. The second-order valence-electron chi connectivity index (χ2n) is 5.53. The van der Waals surface area contributed by atoms with Crippen LogP contribution >= 0.6 is 15.9 Å². The number of rotatable bonds is 3. The number of nitrogens with zero attached hydrogens (tertiary/aromatic N) is 2. The van der Waals surface area contributed by atoms with E-state index in [9.17, 15) is 10.1 Å². The highest BCUT2D eigenvalue weighted by molar-refractivity contribution is 9.10. The molecule has 0 aromatic heterocycles. The van der Waals surface area contributed by atoms with E-state index in [-0.39, 0.29) is 10.6 Å². The van der Waals surface area contributed by atoms with E-state index in [2.05, 4.69) is 27.8 Å². The molecule has 0 bridgehead atoms. The van der Waals surface area contributed by atoms with Gasteiger partial charge < -0.3 is 10.6 Å². The van der Waals surface area contributed by atoms with Crippen LogP contribution < -0.4 is 10.6 Å². The summed E-state index contributed by atoms with van der Waals surface area (Å²) in [6, 6.07) is 3.93. The lowest BCUT2D eigenvalue weighted by Crippen LogP contribution is -2.44. The van der Waals surface area contributed by atoms with E-state index >= 15 is 0 Å². The Kier molecular flexibility index (Phi) is 4.65. The molecule has 110 valence electrons. The first-order chi connectivity index (χ1) is 9.43. The Morgan fingerprint density at radius 1 is 1.50 bits per heavy atom. The number of piperidine rings is 1. The molecule has 5 nitrogen and oxygen atoms in total. The third-order valence-corrected chi connectivity index (χ3v) is 4.72. The maximum Gasteiger partial charge on any atom is 0.273 e. The lowest BCUT2D eigenvalue weighted by Gasteiger charge is -2.40. The summed E-state index contributed by atoms with van der Waals surface area (Å²) in [7, 11) is 0. The zero-order chi connectivity index (χ0) is 14.9. The van der Waals surface area contributed by atoms with Crippen molar-refractivity contribution in [1.29, 1.82) is 0 Å². The van der Waals surface area contributed by atoms with Gasteiger partial charge in [-0.1, -0.05) is 0 Å². The van der Waals surface area contributed by atoms with Gasteiger partial charge in [0.15, 0.2) is 0 Å². The quantitative estimate of drug-likeness (QED) is 0.676. The second-order valence-corrected chi connectivity index (χ2v) is 6.38. The Labute approximate surface area is 127 Å². The van der Waals surface area contributed by atoms with Gasteiger partial charge in [0.25, 0.3) is 5.69 Å². The average molecular weight is 342 g/mol. The minimum absolute atomic E-state index is 0.153. The van der Waals surface area contributed by atoms with Crippen molar-refractivity contribution < 1.29 is 4.92 Å². The summed E-state index contributed by atoms with van der Waals surface area (Å²) in [6.45, 7) is 5.57. The smallest absolute Gasteiger partial charge is 0.273 e. The number of benzene rings is 1. The van der Waals surface area contributed by atoms with Gasteiger partial charge in [-0.15, -0.1) is 0 Å². The Hall–Kier alpha value is -1.14. The Balaban J connectivity index is 2.36. The maximum absolute atomic E-state index is 11.0. The SMILES string of the molecule is Cc1cc(N2CC(CN)CCC2C)c(Br)cc1[N+](=O)[O-]. The summed E-state index contributed by atoms with van der Waals surface area (Å²) in [4.78, 5) is 12.9. The second kappa shape index (κ2) is 6.10. The van der Waals surface area contributed by atoms with Gasteiger partial charge in [-0.2, -0.15) is 0 Å². The molecule has 1 aromatic rings. The van der Waals surface area contributed by atoms with Crippen LogP contribution in [0.25, 0.3) is 0 Å². The molecule has 20 heavy (non-hydrogen) atoms. The van der Waals surface area contributed by atoms with Crippen LogP contribution in [-0.2, 0) is 0 Å². The number of anilines is 1. The lowest BCUT2D eigenvalue weighted by atomic mass is 9.93. The van der Waals surface area contributed by atoms with Crippen molar-refractivity contribution in [3.63, 3.8) is 0 Å². The van der Waals surface area contributed by atoms with Crippen LogP contribution in [0.15, 0.2) is 16.6 Å². The van der Waals surface area contributed by atoms with Crippen LogP contribution in [0.4, 0.5) is 11.4 Å². The highest BCUT2D eigenvalue weighted by atomic mass is 79.9. The third-order valence-electron chi connectivity index (χ3n) is 4.08. The summed E-state index contributed by atoms with van der Waals surface area (Å²) in [5, 5.41) is 11.0. The van der Waals surface area contributed by atoms with Crippen molar-refractivity contribution in [1.82, 2.24) is 0 Å². The molecule has 1 aliphatic heterocycles. The predicted octanol–water partition coefficient (Wildman–Crippen LogP) is 3.23. The summed E-state index contributed by atoms with van der Waals surface area (Å²) in [5.74, 6) is 0.494. The van der Waals surface area contributed by atoms with E-state index in [0.29, 0.717) is 24.1 Å². The minimum Gasteiger partial charge on any atom is -0.368 e. The Morgan fingerprint density at radius 3 is 2.80 bits per heavy atom. The number of nitro groups is 1. The molecule has 1 aromatic carbocycles. The molecule has 1 fully saturated rings. The summed E-state index contributed by atoms with van der Waals surface area (Å²) >= 11 is 3.48. The maximum atomic E-state index is 11.0. The summed E-state index contributed by atoms with van der Waals surface area (Å²) < 4.78 is 0.777. The molecular formula is C14H20BrN3O2. The Morgan fingerprint density at radius 2 is 2.20 bits per heavy atom. The molecule has 2 atom stereocenters. The fourth-order valence-corrected chi connectivity index (χ4v) is 3.34. The number of hydrogen-bond acceptors (Lipinski definition) is 4. The lowest BCUT2D eigenvalue weighted by molar-refractivity contribution is -0.385. The topological polar surface area (TPSA) is 72.4 Å². The normalized spacial score (nSPS) is 22.9. The van der Waals surface area contributed by atoms with Gasteiger partial charge in [-0.25, -0.2) is 0 Å². The average Bonchev–Trinajstić information content (AvgIpc) is 2.41. The molecule has 0 radical (unpaired) electrons. The predicted molar refractivity (Wildman–Crippen MR) is 84.1 cm³/mol. The molecule has 2 N–H and O–H groups in total. The highest BCUT2D eigenvalue weighted by Gasteiger charge is 2.27. The van der Waals surface area contributed by atoms with Gasteiger partial charge >= 0.3 is 0 Å². The van der Waals surface area contributed by atoms with E-state index < -0.39 is 0 Å². The van der Waals surface area contributed by atoms with Crippen LogP contribution in [0.3, 0.4) is 0 Å². The molecule has 2 rings (SSSR count). The van der Waals surface area contributed by atoms with Gasteiger partial charge in [-0.3, -0.25) is 10.1 Å². The largest absolute Gasteiger partial charge is 0.368 e. The highest BCUT2D eigenvalue weighted by Crippen LogP contribution is 2.36. The molecule has 6 heteroatoms. The molecule has 1 aliphatic rings. The minimum atomic E-state index is -0.341. The summed E-state index contributed by atoms with van der Waals surface area (Å²) in [5.41, 5.74) is 7.66. The molecule has 0 spiro atoms. The molecule has 0 aliphatic carbocycles. The van der Waals surface area contributed by atoms with Gasteiger partial charge in [-0.05, 0) is 61.1 Å². The first-order valence-corrected chi connectivity index (χ1v) is 7.64. The van der Waals surface area contributed by atoms with Crippen molar-refractivity contribution >= 4 is 27.3 Å². The van der Waals surface area contributed by atoms with Crippen LogP contribution in [0, 0.1) is 23.0 Å². The van der Waals surface area contributed by atoms with Gasteiger partial charge in [0.05, 0.1) is 10.6 Å². The molecular weight excluding hydrogens is 322 g/mol. The number of nitrogens with two attached hydrogens (primary N) is 1. The number of halogens is 1. The van der Waals surface area contributed by atoms with E-state index in [1.807, 2.05) is 6.07 Å². The van der Waals surface area contributed by atoms with Gasteiger partial charge in [0.2, 0.25) is 0 Å². The van der Waals surface area contributed by atoms with Crippen molar-refractivity contribution in [2.24, 2.45) is 11.7 Å². The van der Waals surface area contributed by atoms with E-state index in [0.717, 1.165) is 29.5 Å². The van der Waals surface area contributed by atoms with Gasteiger partial charge in [0.1, 0.15) is 0 Å². The summed E-state index contributed by atoms with van der Waals surface area (Å²) in [6.07, 6.45) is 2.25. The fourth-order valence-electron chi connectivity index (χ4n) is 2.78. The monoisotopic (exact) mass is 341 g/mol. The zero-order valence-electron chi connectivity index (χ0n) is 11.8. The standard InChI is InChI=1S/C14H20BrN3O2/c1-9-5-14(12(15)6-13(9)18(19)20)17-8-11(7-16)4-3-10(17)2/h5-6,10-11H,3-4,7-8,16H2,1-2H3. The Bertz CT molecular complexity index is 521.